The van der Waals surface area contributed by atoms with Gasteiger partial charge in [0.25, 0.3) is 11.7 Å². The minimum absolute atomic E-state index is 0.0417. The van der Waals surface area contributed by atoms with Crippen LogP contribution in [-0.2, 0) is 9.59 Å². The topological polar surface area (TPSA) is 79.7 Å². The maximum absolute atomic E-state index is 13.2. The molecule has 1 unspecified atom stereocenters. The number of rotatable bonds is 4. The molecule has 1 aliphatic rings. The van der Waals surface area contributed by atoms with Crippen molar-refractivity contribution in [2.75, 3.05) is 12.0 Å². The number of aliphatic hydroxyl groups excluding tert-OH is 1. The van der Waals surface area contributed by atoms with E-state index in [9.17, 15) is 14.7 Å². The van der Waals surface area contributed by atoms with E-state index in [1.165, 1.54) is 18.1 Å². The summed E-state index contributed by atoms with van der Waals surface area (Å²) in [5.74, 6) is -1.54. The summed E-state index contributed by atoms with van der Waals surface area (Å²) in [6, 6.07) is 12.2. The van der Waals surface area contributed by atoms with Gasteiger partial charge in [-0.2, -0.15) is 0 Å². The van der Waals surface area contributed by atoms with Crippen LogP contribution in [0.4, 0.5) is 5.69 Å². The Kier molecular flexibility index (Phi) is 5.91. The number of Topliss-reactive ketones (excluding diaryl/α,β-unsaturated/α-hetero) is 1. The first-order chi connectivity index (χ1) is 15.3. The SMILES string of the molecule is COc1cc(/C(O)=C2\C(=O)C(=O)N(c3ccc(Cl)cc3C)C2c2ccncc2)ccc1Cl. The van der Waals surface area contributed by atoms with Crippen LogP contribution < -0.4 is 9.64 Å². The molecule has 1 aliphatic heterocycles. The third-order valence-electron chi connectivity index (χ3n) is 5.31. The van der Waals surface area contributed by atoms with Gasteiger partial charge in [-0.15, -0.1) is 0 Å². The van der Waals surface area contributed by atoms with E-state index < -0.39 is 17.7 Å². The van der Waals surface area contributed by atoms with Crippen molar-refractivity contribution in [1.29, 1.82) is 0 Å². The zero-order valence-corrected chi connectivity index (χ0v) is 18.7. The van der Waals surface area contributed by atoms with Crippen molar-refractivity contribution in [1.82, 2.24) is 4.98 Å². The Labute approximate surface area is 194 Å². The molecule has 0 spiro atoms. The smallest absolute Gasteiger partial charge is 0.300 e. The summed E-state index contributed by atoms with van der Waals surface area (Å²) in [5, 5.41) is 12.0. The molecule has 162 valence electrons. The van der Waals surface area contributed by atoms with E-state index in [1.54, 1.807) is 61.8 Å². The number of halogens is 2. The Bertz CT molecular complexity index is 1260. The molecule has 0 radical (unpaired) electrons. The van der Waals surface area contributed by atoms with Gasteiger partial charge in [0.15, 0.2) is 0 Å². The highest BCUT2D eigenvalue weighted by atomic mass is 35.5. The highest BCUT2D eigenvalue weighted by Crippen LogP contribution is 2.43. The number of ketones is 1. The van der Waals surface area contributed by atoms with Crippen LogP contribution in [0.2, 0.25) is 10.0 Å². The molecule has 1 N–H and O–H groups in total. The fourth-order valence-corrected chi connectivity index (χ4v) is 4.22. The lowest BCUT2D eigenvalue weighted by Crippen LogP contribution is -2.30. The molecule has 2 aromatic carbocycles. The summed E-state index contributed by atoms with van der Waals surface area (Å²) in [5.41, 5.74) is 2.12. The highest BCUT2D eigenvalue weighted by Gasteiger charge is 2.47. The minimum atomic E-state index is -0.862. The number of amides is 1. The van der Waals surface area contributed by atoms with E-state index in [0.717, 1.165) is 0 Å². The Balaban J connectivity index is 1.96. The number of aromatic nitrogens is 1. The Morgan fingerprint density at radius 3 is 2.44 bits per heavy atom. The predicted octanol–water partition coefficient (Wildman–Crippen LogP) is 5.33. The van der Waals surface area contributed by atoms with Crippen LogP contribution in [0.1, 0.15) is 22.7 Å². The van der Waals surface area contributed by atoms with Gasteiger partial charge < -0.3 is 9.84 Å². The Morgan fingerprint density at radius 2 is 1.78 bits per heavy atom. The summed E-state index contributed by atoms with van der Waals surface area (Å²) in [4.78, 5) is 31.8. The van der Waals surface area contributed by atoms with Gasteiger partial charge in [-0.3, -0.25) is 19.5 Å². The second-order valence-corrected chi connectivity index (χ2v) is 8.07. The third-order valence-corrected chi connectivity index (χ3v) is 5.86. The van der Waals surface area contributed by atoms with Crippen LogP contribution in [0, 0.1) is 6.92 Å². The molecule has 8 heteroatoms. The van der Waals surface area contributed by atoms with Crippen molar-refractivity contribution >= 4 is 46.3 Å². The van der Waals surface area contributed by atoms with E-state index in [2.05, 4.69) is 4.98 Å². The molecule has 1 amide bonds. The zero-order valence-electron chi connectivity index (χ0n) is 17.2. The number of nitrogens with zero attached hydrogens (tertiary/aromatic N) is 2. The van der Waals surface area contributed by atoms with Gasteiger partial charge in [-0.05, 0) is 66.6 Å². The largest absolute Gasteiger partial charge is 0.507 e. The van der Waals surface area contributed by atoms with Crippen LogP contribution in [0.25, 0.3) is 5.76 Å². The van der Waals surface area contributed by atoms with Gasteiger partial charge in [0.1, 0.15) is 11.5 Å². The average Bonchev–Trinajstić information content (AvgIpc) is 3.05. The number of aliphatic hydroxyl groups is 1. The predicted molar refractivity (Wildman–Crippen MR) is 123 cm³/mol. The second kappa shape index (κ2) is 8.65. The van der Waals surface area contributed by atoms with Gasteiger partial charge in [-0.25, -0.2) is 0 Å². The lowest BCUT2D eigenvalue weighted by Gasteiger charge is -2.26. The summed E-state index contributed by atoms with van der Waals surface area (Å²) in [7, 11) is 1.45. The Hall–Kier alpha value is -3.35. The summed E-state index contributed by atoms with van der Waals surface area (Å²) >= 11 is 12.2. The molecule has 4 rings (SSSR count). The van der Waals surface area contributed by atoms with Crippen molar-refractivity contribution in [3.8, 4) is 5.75 Å². The molecular weight excluding hydrogens is 451 g/mol. The first kappa shape index (κ1) is 21.9. The molecule has 1 aromatic heterocycles. The molecule has 2 heterocycles. The molecule has 1 saturated heterocycles. The van der Waals surface area contributed by atoms with Crippen LogP contribution in [0.3, 0.4) is 0 Å². The molecule has 1 fully saturated rings. The van der Waals surface area contributed by atoms with Gasteiger partial charge in [0.05, 0.1) is 23.7 Å². The number of ether oxygens (including phenoxy) is 1. The van der Waals surface area contributed by atoms with E-state index in [4.69, 9.17) is 27.9 Å². The summed E-state index contributed by atoms with van der Waals surface area (Å²) in [6.07, 6.45) is 3.13. The number of carbonyl (C=O) groups is 2. The fourth-order valence-electron chi connectivity index (χ4n) is 3.79. The van der Waals surface area contributed by atoms with E-state index in [-0.39, 0.29) is 11.3 Å². The summed E-state index contributed by atoms with van der Waals surface area (Å²) in [6.45, 7) is 1.80. The van der Waals surface area contributed by atoms with Crippen LogP contribution >= 0.6 is 23.2 Å². The van der Waals surface area contributed by atoms with E-state index in [0.29, 0.717) is 38.2 Å². The number of hydrogen-bond donors (Lipinski definition) is 1. The monoisotopic (exact) mass is 468 g/mol. The molecule has 3 aromatic rings. The van der Waals surface area contributed by atoms with Gasteiger partial charge in [0, 0.05) is 28.7 Å². The third kappa shape index (κ3) is 3.72. The number of methoxy groups -OCH3 is 1. The lowest BCUT2D eigenvalue weighted by molar-refractivity contribution is -0.132. The number of anilines is 1. The van der Waals surface area contributed by atoms with Crippen molar-refractivity contribution in [2.45, 2.75) is 13.0 Å². The number of aryl methyl sites for hydroxylation is 1. The number of hydrogen-bond acceptors (Lipinski definition) is 5. The quantitative estimate of drug-likeness (QED) is 0.317. The molecule has 0 saturated carbocycles. The number of carbonyl (C=O) groups excluding carboxylic acids is 2. The number of pyridine rings is 1. The molecule has 1 atom stereocenters. The lowest BCUT2D eigenvalue weighted by atomic mass is 9.95. The van der Waals surface area contributed by atoms with Gasteiger partial charge in [-0.1, -0.05) is 23.2 Å². The molecular formula is C24H18Cl2N2O4. The van der Waals surface area contributed by atoms with Crippen LogP contribution in [0.15, 0.2) is 66.5 Å². The average molecular weight is 469 g/mol. The van der Waals surface area contributed by atoms with Crippen molar-refractivity contribution in [2.24, 2.45) is 0 Å². The van der Waals surface area contributed by atoms with Crippen molar-refractivity contribution in [3.63, 3.8) is 0 Å². The van der Waals surface area contributed by atoms with Crippen molar-refractivity contribution in [3.05, 3.63) is 93.2 Å². The second-order valence-electron chi connectivity index (χ2n) is 7.23. The fraction of sp³-hybridized carbons (Fsp3) is 0.125. The standard InChI is InChI=1S/C24H18Cl2N2O4/c1-13-11-16(25)4-6-18(13)28-21(14-7-9-27-10-8-14)20(23(30)24(28)31)22(29)15-3-5-17(26)19(12-15)32-2/h3-12,21,29H,1-2H3/b22-20+. The van der Waals surface area contributed by atoms with Crippen molar-refractivity contribution < 1.29 is 19.4 Å². The normalized spacial score (nSPS) is 17.6. The first-order valence-electron chi connectivity index (χ1n) is 9.64. The Morgan fingerprint density at radius 1 is 1.06 bits per heavy atom. The number of benzene rings is 2. The molecule has 32 heavy (non-hydrogen) atoms. The first-order valence-corrected chi connectivity index (χ1v) is 10.4. The molecule has 0 bridgehead atoms. The van der Waals surface area contributed by atoms with Gasteiger partial charge >= 0.3 is 0 Å². The van der Waals surface area contributed by atoms with E-state index >= 15 is 0 Å². The zero-order chi connectivity index (χ0) is 23.0. The van der Waals surface area contributed by atoms with E-state index in [1.807, 2.05) is 0 Å². The molecule has 0 aliphatic carbocycles. The maximum atomic E-state index is 13.2. The minimum Gasteiger partial charge on any atom is -0.507 e. The molecule has 6 nitrogen and oxygen atoms in total. The summed E-state index contributed by atoms with van der Waals surface area (Å²) < 4.78 is 5.23. The maximum Gasteiger partial charge on any atom is 0.300 e. The van der Waals surface area contributed by atoms with Gasteiger partial charge in [0.2, 0.25) is 0 Å². The van der Waals surface area contributed by atoms with Crippen LogP contribution in [-0.4, -0.2) is 28.9 Å². The highest BCUT2D eigenvalue weighted by molar-refractivity contribution is 6.52. The van der Waals surface area contributed by atoms with Crippen LogP contribution in [0.5, 0.6) is 5.75 Å².